The van der Waals surface area contributed by atoms with Gasteiger partial charge in [-0.1, -0.05) is 231 Å². The average Bonchev–Trinajstić information content (AvgIpc) is 0.902. The van der Waals surface area contributed by atoms with E-state index in [9.17, 15) is 38.4 Å². The van der Waals surface area contributed by atoms with Crippen LogP contribution in [-0.4, -0.2) is 255 Å². The molecule has 786 valence electrons. The summed E-state index contributed by atoms with van der Waals surface area (Å²) in [5, 5.41) is 59.9. The topological polar surface area (TPSA) is 601 Å². The zero-order valence-electron chi connectivity index (χ0n) is 85.0. The van der Waals surface area contributed by atoms with E-state index in [-0.39, 0.29) is 140 Å². The molecule has 0 unspecified atom stereocenters. The lowest BCUT2D eigenvalue weighted by molar-refractivity contribution is -0.137. The highest BCUT2D eigenvalue weighted by atomic mass is 16.5. The molecule has 0 radical (unpaired) electrons. The molecule has 6 aromatic rings. The van der Waals surface area contributed by atoms with Crippen LogP contribution >= 0.6 is 0 Å². The molecule has 0 bridgehead atoms. The van der Waals surface area contributed by atoms with E-state index in [2.05, 4.69) is 111 Å². The lowest BCUT2D eigenvalue weighted by Crippen LogP contribution is -2.62. The zero-order chi connectivity index (χ0) is 105. The van der Waals surface area contributed by atoms with E-state index in [1.165, 1.54) is 0 Å². The lowest BCUT2D eigenvalue weighted by atomic mass is 9.97. The summed E-state index contributed by atoms with van der Waals surface area (Å²) < 4.78 is 7.07. The van der Waals surface area contributed by atoms with Gasteiger partial charge < -0.3 is 107 Å². The summed E-state index contributed by atoms with van der Waals surface area (Å²) in [6.07, 6.45) is 0.961. The summed E-state index contributed by atoms with van der Waals surface area (Å²) in [6, 6.07) is 26.3. The second-order valence-corrected chi connectivity index (χ2v) is 37.9. The Labute approximate surface area is 844 Å². The highest BCUT2D eigenvalue weighted by Crippen LogP contribution is 2.19. The van der Waals surface area contributed by atoms with E-state index in [1.54, 1.807) is 169 Å². The number of aryl methyl sites for hydroxylation is 1. The van der Waals surface area contributed by atoms with Crippen molar-refractivity contribution in [3.63, 3.8) is 0 Å². The molecule has 144 heavy (non-hydrogen) atoms. The van der Waals surface area contributed by atoms with E-state index < -0.39 is 174 Å². The van der Waals surface area contributed by atoms with Crippen molar-refractivity contribution in [1.29, 1.82) is 0 Å². The SMILES string of the molecule is CCNC(=O)[C@H](CC(=O)NCCNCCN)NC(=O)[C@@H](CC(=O)NCCNCCN)NC(=O)[C@H](Cc1ccccc1)NC(=O)[C@H](Cc1ccccc1)NC(=O)[C@H](Cc1ccccc1)NC(=O)[C@H](Cc1ccccc1)NC(=O)[C@H](Cc1ccccc1)NC(=O)[C@@H](CC(C)C)NC(=O)[C@@H](CC(C)C)NC(=O)[C@@H](CC(C)C)NC(=O)[C@@H](CC(C)C)NC(=O)[C@@H](CC(C)C)NC(=O)CCCc1cn(CCOCCN=[N+]=[N-])nn1. The molecule has 0 aliphatic rings. The van der Waals surface area contributed by atoms with Gasteiger partial charge in [0.15, 0.2) is 0 Å². The van der Waals surface area contributed by atoms with Crippen molar-refractivity contribution in [1.82, 2.24) is 105 Å². The van der Waals surface area contributed by atoms with Crippen LogP contribution in [0.4, 0.5) is 0 Å². The summed E-state index contributed by atoms with van der Waals surface area (Å²) in [4.78, 5) is 224. The first-order valence-corrected chi connectivity index (χ1v) is 50.0. The largest absolute Gasteiger partial charge is 0.379 e. The van der Waals surface area contributed by atoms with E-state index >= 15 is 33.6 Å². The Morgan fingerprint density at radius 3 is 0.917 bits per heavy atom. The van der Waals surface area contributed by atoms with Crippen molar-refractivity contribution in [2.24, 2.45) is 46.2 Å². The van der Waals surface area contributed by atoms with Crippen molar-refractivity contribution in [3.05, 3.63) is 202 Å². The lowest BCUT2D eigenvalue weighted by Gasteiger charge is -2.30. The van der Waals surface area contributed by atoms with Gasteiger partial charge >= 0.3 is 0 Å². The molecular formula is C103H153N25O16. The fourth-order valence-electron chi connectivity index (χ4n) is 15.7. The van der Waals surface area contributed by atoms with Crippen molar-refractivity contribution in [3.8, 4) is 0 Å². The van der Waals surface area contributed by atoms with Crippen LogP contribution in [0, 0.1) is 29.6 Å². The number of aromatic nitrogens is 3. The number of carbonyl (C=O) groups is 15. The third-order valence-electron chi connectivity index (χ3n) is 22.9. The Morgan fingerprint density at radius 1 is 0.347 bits per heavy atom. The Bertz CT molecular complexity index is 5020. The molecule has 12 atom stereocenters. The first-order valence-electron chi connectivity index (χ1n) is 50.0. The Balaban J connectivity index is 1.27. The molecule has 0 saturated heterocycles. The molecular weight excluding hydrogens is 1840 g/mol. The van der Waals surface area contributed by atoms with Gasteiger partial charge in [0.25, 0.3) is 0 Å². The molecule has 41 heteroatoms. The molecule has 21 N–H and O–H groups in total. The summed E-state index contributed by atoms with van der Waals surface area (Å²) in [5.74, 6) is -12.5. The maximum atomic E-state index is 15.7. The number of benzene rings is 5. The van der Waals surface area contributed by atoms with Crippen LogP contribution in [0.3, 0.4) is 0 Å². The van der Waals surface area contributed by atoms with E-state index in [1.807, 2.05) is 69.2 Å². The second-order valence-electron chi connectivity index (χ2n) is 37.9. The summed E-state index contributed by atoms with van der Waals surface area (Å²) in [7, 11) is 0. The van der Waals surface area contributed by atoms with Crippen LogP contribution in [0.15, 0.2) is 163 Å². The molecule has 0 fully saturated rings. The number of hydrogen-bond donors (Lipinski definition) is 19. The molecule has 0 aliphatic carbocycles. The van der Waals surface area contributed by atoms with Crippen molar-refractivity contribution < 1.29 is 76.7 Å². The molecule has 15 amide bonds. The number of nitrogens with two attached hydrogens (primary N) is 2. The first-order chi connectivity index (χ1) is 69.0. The fraction of sp³-hybridized carbons (Fsp3) is 0.544. The normalized spacial score (nSPS) is 13.7. The highest BCUT2D eigenvalue weighted by Gasteiger charge is 2.40. The number of nitrogens with zero attached hydrogens (tertiary/aromatic N) is 6. The molecule has 41 nitrogen and oxygen atoms in total. The molecule has 0 aliphatic heterocycles. The minimum atomic E-state index is -1.74. The molecule has 1 aromatic heterocycles. The van der Waals surface area contributed by atoms with Gasteiger partial charge in [0, 0.05) is 115 Å². The van der Waals surface area contributed by atoms with Gasteiger partial charge in [0.1, 0.15) is 72.5 Å². The van der Waals surface area contributed by atoms with Gasteiger partial charge in [-0.2, -0.15) is 0 Å². The fourth-order valence-corrected chi connectivity index (χ4v) is 15.7. The molecule has 0 saturated carbocycles. The van der Waals surface area contributed by atoms with Crippen LogP contribution in [-0.2, 0) is 122 Å². The van der Waals surface area contributed by atoms with Crippen molar-refractivity contribution in [2.45, 2.75) is 252 Å². The second kappa shape index (κ2) is 66.3. The molecule has 1 heterocycles. The van der Waals surface area contributed by atoms with Gasteiger partial charge in [0.05, 0.1) is 38.3 Å². The van der Waals surface area contributed by atoms with Gasteiger partial charge in [-0.25, -0.2) is 4.68 Å². The predicted molar refractivity (Wildman–Crippen MR) is 547 cm³/mol. The Kier molecular flexibility index (Phi) is 54.8. The quantitative estimate of drug-likeness (QED) is 0.0113. The maximum Gasteiger partial charge on any atom is 0.243 e. The van der Waals surface area contributed by atoms with Crippen LogP contribution in [0.2, 0.25) is 0 Å². The smallest absolute Gasteiger partial charge is 0.243 e. The van der Waals surface area contributed by atoms with Gasteiger partial charge in [-0.05, 0) is 115 Å². The zero-order valence-corrected chi connectivity index (χ0v) is 85.0. The summed E-state index contributed by atoms with van der Waals surface area (Å²) in [6.45, 7) is 24.0. The Hall–Kier alpha value is -13.6. The predicted octanol–water partition coefficient (Wildman–Crippen LogP) is 2.43. The number of azide groups is 1. The number of rotatable bonds is 69. The minimum absolute atomic E-state index is 0.0189. The van der Waals surface area contributed by atoms with Gasteiger partial charge in [-0.3, -0.25) is 71.9 Å². The molecule has 5 aromatic carbocycles. The summed E-state index contributed by atoms with van der Waals surface area (Å²) >= 11 is 0. The number of likely N-dealkylation sites (N-methyl/N-ethyl adjacent to an activating group) is 1. The molecule has 6 rings (SSSR count). The third kappa shape index (κ3) is 47.1. The Morgan fingerprint density at radius 2 is 0.625 bits per heavy atom. The molecule has 0 spiro atoms. The van der Waals surface area contributed by atoms with Crippen LogP contribution < -0.4 is 102 Å². The number of nitrogens with one attached hydrogen (secondary N) is 17. The van der Waals surface area contributed by atoms with E-state index in [0.717, 1.165) is 0 Å². The van der Waals surface area contributed by atoms with Crippen LogP contribution in [0.25, 0.3) is 10.4 Å². The number of ether oxygens (including phenoxy) is 1. The van der Waals surface area contributed by atoms with Crippen LogP contribution in [0.1, 0.15) is 167 Å². The van der Waals surface area contributed by atoms with Crippen LogP contribution in [0.5, 0.6) is 0 Å². The monoisotopic (exact) mass is 2000 g/mol. The van der Waals surface area contributed by atoms with Crippen molar-refractivity contribution in [2.75, 3.05) is 78.7 Å². The van der Waals surface area contributed by atoms with Crippen molar-refractivity contribution >= 4 is 88.6 Å². The maximum absolute atomic E-state index is 15.7. The van der Waals surface area contributed by atoms with E-state index in [4.69, 9.17) is 21.7 Å². The van der Waals surface area contributed by atoms with E-state index in [0.29, 0.717) is 92.2 Å². The summed E-state index contributed by atoms with van der Waals surface area (Å²) in [5.41, 5.74) is 23.2. The third-order valence-corrected chi connectivity index (χ3v) is 22.9. The minimum Gasteiger partial charge on any atom is -0.379 e. The number of carbonyl (C=O) groups excluding carboxylic acids is 15. The number of hydrogen-bond acceptors (Lipinski definition) is 23. The first kappa shape index (κ1) is 119. The van der Waals surface area contributed by atoms with Gasteiger partial charge in [-0.15, -0.1) is 5.10 Å². The average molecular weight is 2000 g/mol. The standard InChI is InChI=1S/C103H153N25O16/c1-12-109-92(132)87(63-90(130)110-47-45-107-43-41-104)123-103(143)88(64-91(131)111-48-46-108-44-42-105)124-102(142)86(62-75-37-26-17-27-38-75)122-101(141)85(61-74-35-24-16-25-36-74)121-100(140)84(60-73-33-22-15-23-34-73)120-99(139)83(59-72-31-20-14-21-32-72)119-98(138)82(58-71-29-18-13-19-30-71)118-97(137)81(57-70(10)11)117-96(136)80(56-69(8)9)116-95(135)79(55-68(6)7)115-94(134)78(54-67(4)5)114-93(133)77(53-66(2)3)113-89(129)40-28-39-76-65-128(127-125-76)50-52-144-51-49-112-126-106/h13-27,29-38,65-70,77-88,107-108H,12,28,39-64,104-105H2,1-11H3,(H,109,132)(H,110,130)(H,111,131)(H,113,129)(H,114,133)(H,115,134)(H,116,135)(H,117,136)(H,118,137)(H,119,138)(H,120,139)(H,121,140)(H,122,141)(H,123,143)(H,124,142)/t77-,78-,79-,80-,81-,82+,83+,84+,85+,86+,87+,88-/m1/s1. The van der Waals surface area contributed by atoms with Gasteiger partial charge in [0.2, 0.25) is 88.6 Å². The highest BCUT2D eigenvalue weighted by molar-refractivity contribution is 6.01. The number of amides is 15.